The first-order valence-corrected chi connectivity index (χ1v) is 11.1. The number of hydrogen-bond acceptors (Lipinski definition) is 5. The van der Waals surface area contributed by atoms with Gasteiger partial charge in [0.2, 0.25) is 0 Å². The molecule has 0 unspecified atom stereocenters. The van der Waals surface area contributed by atoms with Crippen LogP contribution in [0, 0.1) is 13.8 Å². The van der Waals surface area contributed by atoms with Gasteiger partial charge in [0.1, 0.15) is 10.7 Å². The number of imidazole rings is 1. The second-order valence-corrected chi connectivity index (χ2v) is 9.11. The summed E-state index contributed by atoms with van der Waals surface area (Å²) in [6.07, 6.45) is 0. The lowest BCUT2D eigenvalue weighted by Crippen LogP contribution is -2.10. The zero-order valence-corrected chi connectivity index (χ0v) is 17.6. The van der Waals surface area contributed by atoms with Crippen LogP contribution in [0.15, 0.2) is 58.5 Å². The van der Waals surface area contributed by atoms with E-state index in [9.17, 15) is 4.79 Å². The van der Waals surface area contributed by atoms with E-state index in [2.05, 4.69) is 46.1 Å². The Labute approximate surface area is 175 Å². The van der Waals surface area contributed by atoms with E-state index in [4.69, 9.17) is 4.98 Å². The number of rotatable bonds is 4. The molecule has 0 aliphatic heterocycles. The Hall–Kier alpha value is -2.90. The minimum Gasteiger partial charge on any atom is -0.333 e. The number of thiophene rings is 1. The second kappa shape index (κ2) is 7.17. The highest BCUT2D eigenvalue weighted by atomic mass is 32.2. The summed E-state index contributed by atoms with van der Waals surface area (Å²) in [6, 6.07) is 16.2. The number of thioether (sulfide) groups is 1. The third-order valence-corrected chi connectivity index (χ3v) is 6.72. The number of H-pyrrole nitrogens is 2. The molecule has 3 heterocycles. The van der Waals surface area contributed by atoms with Crippen LogP contribution in [-0.4, -0.2) is 19.9 Å². The molecule has 0 saturated carbocycles. The van der Waals surface area contributed by atoms with Gasteiger partial charge in [0.25, 0.3) is 5.56 Å². The molecule has 0 atom stereocenters. The van der Waals surface area contributed by atoms with E-state index < -0.39 is 0 Å². The van der Waals surface area contributed by atoms with Crippen molar-refractivity contribution in [3.63, 3.8) is 0 Å². The average molecular weight is 419 g/mol. The van der Waals surface area contributed by atoms with E-state index >= 15 is 0 Å². The Morgan fingerprint density at radius 2 is 1.79 bits per heavy atom. The normalized spacial score (nSPS) is 11.5. The molecular weight excluding hydrogens is 400 g/mol. The van der Waals surface area contributed by atoms with Crippen LogP contribution < -0.4 is 5.56 Å². The zero-order chi connectivity index (χ0) is 20.0. The lowest BCUT2D eigenvalue weighted by molar-refractivity contribution is 1.03. The van der Waals surface area contributed by atoms with Crippen molar-refractivity contribution in [3.8, 4) is 11.1 Å². The maximum atomic E-state index is 12.9. The van der Waals surface area contributed by atoms with Gasteiger partial charge in [0.05, 0.1) is 22.2 Å². The minimum atomic E-state index is -0.0878. The number of para-hydroxylation sites is 2. The Morgan fingerprint density at radius 1 is 1.00 bits per heavy atom. The van der Waals surface area contributed by atoms with E-state index in [-0.39, 0.29) is 5.56 Å². The molecule has 0 spiro atoms. The molecule has 0 amide bonds. The fraction of sp³-hybridized carbons (Fsp3) is 0.136. The summed E-state index contributed by atoms with van der Waals surface area (Å²) in [5.74, 6) is 1.20. The van der Waals surface area contributed by atoms with Crippen LogP contribution in [0.2, 0.25) is 0 Å². The number of fused-ring (bicyclic) bond motifs is 2. The number of aryl methyl sites for hydroxylation is 2. The van der Waals surface area contributed by atoms with Crippen LogP contribution in [0.1, 0.15) is 16.3 Å². The lowest BCUT2D eigenvalue weighted by Gasteiger charge is -2.03. The molecule has 7 heteroatoms. The van der Waals surface area contributed by atoms with E-state index in [0.717, 1.165) is 37.0 Å². The summed E-state index contributed by atoms with van der Waals surface area (Å²) in [6.45, 7) is 4.10. The number of benzene rings is 2. The third-order valence-electron chi connectivity index (χ3n) is 4.84. The highest BCUT2D eigenvalue weighted by Crippen LogP contribution is 2.35. The molecular formula is C22H18N4OS2. The van der Waals surface area contributed by atoms with Crippen molar-refractivity contribution in [2.75, 3.05) is 0 Å². The first kappa shape index (κ1) is 18.1. The Kier molecular flexibility index (Phi) is 4.49. The maximum absolute atomic E-state index is 12.9. The quantitative estimate of drug-likeness (QED) is 0.381. The van der Waals surface area contributed by atoms with Gasteiger partial charge in [-0.2, -0.15) is 0 Å². The molecule has 3 aromatic heterocycles. The van der Waals surface area contributed by atoms with Crippen molar-refractivity contribution in [1.82, 2.24) is 19.9 Å². The van der Waals surface area contributed by atoms with Crippen molar-refractivity contribution in [2.45, 2.75) is 24.8 Å². The van der Waals surface area contributed by atoms with Gasteiger partial charge in [-0.05, 0) is 31.5 Å². The van der Waals surface area contributed by atoms with Crippen molar-refractivity contribution >= 4 is 44.3 Å². The van der Waals surface area contributed by atoms with E-state index in [0.29, 0.717) is 17.0 Å². The average Bonchev–Trinajstić information content (AvgIpc) is 3.27. The zero-order valence-electron chi connectivity index (χ0n) is 15.9. The third kappa shape index (κ3) is 3.36. The van der Waals surface area contributed by atoms with Crippen LogP contribution in [-0.2, 0) is 5.75 Å². The molecule has 5 aromatic rings. The molecule has 5 nitrogen and oxygen atoms in total. The molecule has 0 radical (unpaired) electrons. The van der Waals surface area contributed by atoms with Gasteiger partial charge < -0.3 is 9.97 Å². The molecule has 5 rings (SSSR count). The van der Waals surface area contributed by atoms with Gasteiger partial charge in [-0.1, -0.05) is 53.7 Å². The fourth-order valence-corrected chi connectivity index (χ4v) is 5.25. The topological polar surface area (TPSA) is 74.4 Å². The number of nitrogens with one attached hydrogen (secondary N) is 2. The monoisotopic (exact) mass is 418 g/mol. The van der Waals surface area contributed by atoms with Crippen LogP contribution >= 0.6 is 23.1 Å². The van der Waals surface area contributed by atoms with E-state index in [1.807, 2.05) is 31.2 Å². The van der Waals surface area contributed by atoms with Gasteiger partial charge in [-0.25, -0.2) is 9.97 Å². The van der Waals surface area contributed by atoms with Gasteiger partial charge in [0, 0.05) is 10.4 Å². The van der Waals surface area contributed by atoms with Crippen molar-refractivity contribution in [2.24, 2.45) is 0 Å². The van der Waals surface area contributed by atoms with Crippen molar-refractivity contribution in [3.05, 3.63) is 75.1 Å². The molecule has 0 fully saturated rings. The predicted octanol–water partition coefficient (Wildman–Crippen LogP) is 5.44. The predicted molar refractivity (Wildman–Crippen MR) is 121 cm³/mol. The largest absolute Gasteiger partial charge is 0.333 e. The number of aromatic nitrogens is 4. The summed E-state index contributed by atoms with van der Waals surface area (Å²) < 4.78 is 0. The Morgan fingerprint density at radius 3 is 2.59 bits per heavy atom. The van der Waals surface area contributed by atoms with Gasteiger partial charge in [0.15, 0.2) is 5.16 Å². The smallest absolute Gasteiger partial charge is 0.260 e. The van der Waals surface area contributed by atoms with Gasteiger partial charge >= 0.3 is 0 Å². The standard InChI is InChI=1S/C22H18N4OS2/c1-12-7-9-14(10-8-12)18-13(2)29-21-19(18)20(27)25-17(26-21)11-28-22-23-15-5-3-4-6-16(15)24-22/h3-10H,11H2,1-2H3,(H,23,24)(H,25,26,27). The SMILES string of the molecule is Cc1ccc(-c2c(C)sc3nc(CSc4nc5ccccc5[nH]4)[nH]c(=O)c23)cc1. The molecule has 0 aliphatic carbocycles. The van der Waals surface area contributed by atoms with E-state index in [1.165, 1.54) is 17.3 Å². The van der Waals surface area contributed by atoms with Crippen LogP contribution in [0.4, 0.5) is 0 Å². The number of nitrogens with zero attached hydrogens (tertiary/aromatic N) is 2. The van der Waals surface area contributed by atoms with Crippen molar-refractivity contribution in [1.29, 1.82) is 0 Å². The molecule has 2 aromatic carbocycles. The fourth-order valence-electron chi connectivity index (χ4n) is 3.43. The summed E-state index contributed by atoms with van der Waals surface area (Å²) >= 11 is 3.10. The highest BCUT2D eigenvalue weighted by Gasteiger charge is 2.17. The molecule has 144 valence electrons. The number of aromatic amines is 2. The van der Waals surface area contributed by atoms with Crippen LogP contribution in [0.5, 0.6) is 0 Å². The minimum absolute atomic E-state index is 0.0878. The molecule has 0 aliphatic rings. The van der Waals surface area contributed by atoms with Gasteiger partial charge in [-0.3, -0.25) is 4.79 Å². The van der Waals surface area contributed by atoms with Crippen molar-refractivity contribution < 1.29 is 0 Å². The second-order valence-electron chi connectivity index (χ2n) is 6.94. The first-order chi connectivity index (χ1) is 14.1. The molecule has 2 N–H and O–H groups in total. The summed E-state index contributed by atoms with van der Waals surface area (Å²) in [7, 11) is 0. The molecule has 0 saturated heterocycles. The number of hydrogen-bond donors (Lipinski definition) is 2. The lowest BCUT2D eigenvalue weighted by atomic mass is 10.0. The summed E-state index contributed by atoms with van der Waals surface area (Å²) in [5, 5.41) is 1.49. The van der Waals surface area contributed by atoms with Crippen LogP contribution in [0.3, 0.4) is 0 Å². The van der Waals surface area contributed by atoms with E-state index in [1.54, 1.807) is 11.3 Å². The first-order valence-electron chi connectivity index (χ1n) is 9.25. The highest BCUT2D eigenvalue weighted by molar-refractivity contribution is 7.98. The Balaban J connectivity index is 1.48. The van der Waals surface area contributed by atoms with Gasteiger partial charge in [-0.15, -0.1) is 11.3 Å². The van der Waals surface area contributed by atoms with Crippen LogP contribution in [0.25, 0.3) is 32.4 Å². The summed E-state index contributed by atoms with van der Waals surface area (Å²) in [5.41, 5.74) is 5.08. The maximum Gasteiger partial charge on any atom is 0.260 e. The Bertz CT molecular complexity index is 1360. The summed E-state index contributed by atoms with van der Waals surface area (Å²) in [4.78, 5) is 30.3. The molecule has 29 heavy (non-hydrogen) atoms. The molecule has 0 bridgehead atoms.